The maximum atomic E-state index is 11.7. The van der Waals surface area contributed by atoms with Gasteiger partial charge in [-0.05, 0) is 33.3 Å². The van der Waals surface area contributed by atoms with Crippen LogP contribution in [0.1, 0.15) is 35.4 Å². The van der Waals surface area contributed by atoms with Crippen LogP contribution >= 0.6 is 0 Å². The molecule has 2 aromatic rings. The Hall–Kier alpha value is -2.11. The van der Waals surface area contributed by atoms with E-state index in [0.717, 1.165) is 24.4 Å². The number of rotatable bonds is 6. The molecule has 2 rings (SSSR count). The average Bonchev–Trinajstić information content (AvgIpc) is 2.97. The minimum Gasteiger partial charge on any atom is -0.460 e. The highest BCUT2D eigenvalue weighted by Gasteiger charge is 2.13. The standard InChI is InChI=1S/C14H20N4O2/c1-4-20-14(19)13-15-6-9-17(13)7-5-8-18-12(3)10-11(2)16-18/h6,9-10H,4-5,7-8H2,1-3H3. The zero-order chi connectivity index (χ0) is 14.5. The Labute approximate surface area is 118 Å². The molecule has 6 heteroatoms. The van der Waals surface area contributed by atoms with E-state index in [4.69, 9.17) is 4.74 Å². The van der Waals surface area contributed by atoms with Crippen molar-refractivity contribution in [3.05, 3.63) is 35.7 Å². The molecule has 6 nitrogen and oxygen atoms in total. The van der Waals surface area contributed by atoms with Crippen LogP contribution < -0.4 is 0 Å². The maximum Gasteiger partial charge on any atom is 0.374 e. The summed E-state index contributed by atoms with van der Waals surface area (Å²) in [5.41, 5.74) is 2.18. The van der Waals surface area contributed by atoms with Gasteiger partial charge in [-0.3, -0.25) is 4.68 Å². The van der Waals surface area contributed by atoms with Crippen molar-refractivity contribution in [3.63, 3.8) is 0 Å². The first kappa shape index (κ1) is 14.3. The van der Waals surface area contributed by atoms with Gasteiger partial charge in [-0.15, -0.1) is 0 Å². The number of aryl methyl sites for hydroxylation is 4. The molecule has 0 fully saturated rings. The van der Waals surface area contributed by atoms with Crippen LogP contribution in [0.5, 0.6) is 0 Å². The van der Waals surface area contributed by atoms with Crippen molar-refractivity contribution in [2.45, 2.75) is 40.3 Å². The van der Waals surface area contributed by atoms with Gasteiger partial charge in [0.05, 0.1) is 12.3 Å². The number of nitrogens with zero attached hydrogens (tertiary/aromatic N) is 4. The van der Waals surface area contributed by atoms with Gasteiger partial charge >= 0.3 is 5.97 Å². The second-order valence-electron chi connectivity index (χ2n) is 4.67. The Kier molecular flexibility index (Phi) is 4.55. The van der Waals surface area contributed by atoms with Crippen molar-refractivity contribution >= 4 is 5.97 Å². The maximum absolute atomic E-state index is 11.7. The number of esters is 1. The molecule has 0 unspecified atom stereocenters. The van der Waals surface area contributed by atoms with Crippen LogP contribution in [0.25, 0.3) is 0 Å². The predicted molar refractivity (Wildman–Crippen MR) is 74.5 cm³/mol. The fourth-order valence-electron chi connectivity index (χ4n) is 2.17. The summed E-state index contributed by atoms with van der Waals surface area (Å²) in [6.07, 6.45) is 4.30. The summed E-state index contributed by atoms with van der Waals surface area (Å²) in [4.78, 5) is 15.7. The van der Waals surface area contributed by atoms with Gasteiger partial charge in [-0.25, -0.2) is 9.78 Å². The third kappa shape index (κ3) is 3.26. The number of aromatic nitrogens is 4. The Morgan fingerprint density at radius 1 is 1.35 bits per heavy atom. The normalized spacial score (nSPS) is 10.8. The van der Waals surface area contributed by atoms with E-state index in [0.29, 0.717) is 19.0 Å². The van der Waals surface area contributed by atoms with Crippen molar-refractivity contribution in [1.82, 2.24) is 19.3 Å². The van der Waals surface area contributed by atoms with Gasteiger partial charge in [0.1, 0.15) is 0 Å². The van der Waals surface area contributed by atoms with Gasteiger partial charge in [-0.1, -0.05) is 0 Å². The van der Waals surface area contributed by atoms with Crippen LogP contribution in [-0.2, 0) is 17.8 Å². The molecule has 0 amide bonds. The molecule has 2 heterocycles. The first-order valence-corrected chi connectivity index (χ1v) is 6.81. The lowest BCUT2D eigenvalue weighted by Gasteiger charge is -2.08. The van der Waals surface area contributed by atoms with E-state index < -0.39 is 0 Å². The minimum atomic E-state index is -0.372. The third-order valence-electron chi connectivity index (χ3n) is 3.05. The molecule has 2 aromatic heterocycles. The lowest BCUT2D eigenvalue weighted by atomic mass is 10.3. The summed E-state index contributed by atoms with van der Waals surface area (Å²) in [7, 11) is 0. The van der Waals surface area contributed by atoms with Gasteiger partial charge in [-0.2, -0.15) is 5.10 Å². The highest BCUT2D eigenvalue weighted by molar-refractivity contribution is 5.85. The molecule has 0 radical (unpaired) electrons. The molecular formula is C14H20N4O2. The molecule has 0 atom stereocenters. The molecule has 0 aliphatic carbocycles. The van der Waals surface area contributed by atoms with E-state index in [1.165, 1.54) is 0 Å². The van der Waals surface area contributed by atoms with Crippen LogP contribution in [0.2, 0.25) is 0 Å². The van der Waals surface area contributed by atoms with E-state index in [1.54, 1.807) is 19.3 Å². The minimum absolute atomic E-state index is 0.359. The molecule has 0 N–H and O–H groups in total. The van der Waals surface area contributed by atoms with Gasteiger partial charge in [0, 0.05) is 31.2 Å². The molecule has 0 bridgehead atoms. The fraction of sp³-hybridized carbons (Fsp3) is 0.500. The van der Waals surface area contributed by atoms with E-state index >= 15 is 0 Å². The van der Waals surface area contributed by atoms with Crippen LogP contribution in [0.3, 0.4) is 0 Å². The predicted octanol–water partition coefficient (Wildman–Crippen LogP) is 1.96. The molecule has 0 saturated carbocycles. The number of carbonyl (C=O) groups excluding carboxylic acids is 1. The molecule has 0 aliphatic heterocycles. The molecule has 0 aromatic carbocycles. The van der Waals surface area contributed by atoms with Crippen LogP contribution in [0.4, 0.5) is 0 Å². The molecule has 0 spiro atoms. The van der Waals surface area contributed by atoms with E-state index in [1.807, 2.05) is 23.1 Å². The van der Waals surface area contributed by atoms with Crippen LogP contribution in [-0.4, -0.2) is 31.9 Å². The largest absolute Gasteiger partial charge is 0.460 e. The van der Waals surface area contributed by atoms with Crippen LogP contribution in [0, 0.1) is 13.8 Å². The number of hydrogen-bond acceptors (Lipinski definition) is 4. The highest BCUT2D eigenvalue weighted by Crippen LogP contribution is 2.06. The van der Waals surface area contributed by atoms with Gasteiger partial charge < -0.3 is 9.30 Å². The average molecular weight is 276 g/mol. The molecular weight excluding hydrogens is 256 g/mol. The van der Waals surface area contributed by atoms with Crippen molar-refractivity contribution in [2.24, 2.45) is 0 Å². The van der Waals surface area contributed by atoms with E-state index in [9.17, 15) is 4.79 Å². The van der Waals surface area contributed by atoms with Crippen molar-refractivity contribution < 1.29 is 9.53 Å². The Morgan fingerprint density at radius 2 is 2.15 bits per heavy atom. The summed E-state index contributed by atoms with van der Waals surface area (Å²) in [6.45, 7) is 7.71. The monoisotopic (exact) mass is 276 g/mol. The molecule has 0 aliphatic rings. The van der Waals surface area contributed by atoms with Crippen molar-refractivity contribution in [2.75, 3.05) is 6.61 Å². The lowest BCUT2D eigenvalue weighted by Crippen LogP contribution is -2.14. The van der Waals surface area contributed by atoms with Crippen molar-refractivity contribution in [3.8, 4) is 0 Å². The number of hydrogen-bond donors (Lipinski definition) is 0. The molecule has 108 valence electrons. The zero-order valence-corrected chi connectivity index (χ0v) is 12.2. The van der Waals surface area contributed by atoms with Gasteiger partial charge in [0.25, 0.3) is 0 Å². The Morgan fingerprint density at radius 3 is 2.80 bits per heavy atom. The summed E-state index contributed by atoms with van der Waals surface area (Å²) in [5, 5.41) is 4.42. The highest BCUT2D eigenvalue weighted by atomic mass is 16.5. The third-order valence-corrected chi connectivity index (χ3v) is 3.05. The summed E-state index contributed by atoms with van der Waals surface area (Å²) < 4.78 is 8.78. The van der Waals surface area contributed by atoms with E-state index in [2.05, 4.69) is 16.1 Å². The van der Waals surface area contributed by atoms with Gasteiger partial charge in [0.15, 0.2) is 0 Å². The number of imidazole rings is 1. The van der Waals surface area contributed by atoms with E-state index in [-0.39, 0.29) is 5.97 Å². The second kappa shape index (κ2) is 6.36. The first-order chi connectivity index (χ1) is 9.61. The Bertz CT molecular complexity index is 586. The summed E-state index contributed by atoms with van der Waals surface area (Å²) >= 11 is 0. The smallest absolute Gasteiger partial charge is 0.374 e. The lowest BCUT2D eigenvalue weighted by molar-refractivity contribution is 0.0506. The zero-order valence-electron chi connectivity index (χ0n) is 12.2. The van der Waals surface area contributed by atoms with Crippen molar-refractivity contribution in [1.29, 1.82) is 0 Å². The second-order valence-corrected chi connectivity index (χ2v) is 4.67. The first-order valence-electron chi connectivity index (χ1n) is 6.81. The van der Waals surface area contributed by atoms with Crippen LogP contribution in [0.15, 0.2) is 18.5 Å². The number of ether oxygens (including phenoxy) is 1. The topological polar surface area (TPSA) is 61.9 Å². The SMILES string of the molecule is CCOC(=O)c1nccn1CCCn1nc(C)cc1C. The molecule has 0 saturated heterocycles. The fourth-order valence-corrected chi connectivity index (χ4v) is 2.17. The molecule has 20 heavy (non-hydrogen) atoms. The number of carbonyl (C=O) groups is 1. The Balaban J connectivity index is 1.93. The summed E-state index contributed by atoms with van der Waals surface area (Å²) in [5.74, 6) is -0.0103. The van der Waals surface area contributed by atoms with Gasteiger partial charge in [0.2, 0.25) is 5.82 Å². The summed E-state index contributed by atoms with van der Waals surface area (Å²) in [6, 6.07) is 2.06. The quantitative estimate of drug-likeness (QED) is 0.757.